The van der Waals surface area contributed by atoms with E-state index in [-0.39, 0.29) is 11.8 Å². The average molecular weight is 234 g/mol. The summed E-state index contributed by atoms with van der Waals surface area (Å²) in [5.41, 5.74) is 9.12. The lowest BCUT2D eigenvalue weighted by molar-refractivity contribution is -0.128. The summed E-state index contributed by atoms with van der Waals surface area (Å²) in [4.78, 5) is 16.2. The van der Waals surface area contributed by atoms with Gasteiger partial charge in [-0.15, -0.1) is 0 Å². The molecule has 0 bridgehead atoms. The number of rotatable bonds is 4. The normalized spacial score (nSPS) is 19.5. The molecule has 1 aromatic rings. The number of nitrogens with zero attached hydrogens (tertiary/aromatic N) is 6. The fraction of sp³-hybridized carbons (Fsp3) is 0.600. The number of hydrogen-bond donors (Lipinski definition) is 0. The van der Waals surface area contributed by atoms with Crippen LogP contribution in [0.25, 0.3) is 10.4 Å². The second kappa shape index (κ2) is 4.88. The first-order chi connectivity index (χ1) is 8.19. The van der Waals surface area contributed by atoms with Gasteiger partial charge in [0.2, 0.25) is 5.91 Å². The zero-order valence-corrected chi connectivity index (χ0v) is 9.65. The maximum atomic E-state index is 11.7. The van der Waals surface area contributed by atoms with E-state index in [0.29, 0.717) is 26.1 Å². The van der Waals surface area contributed by atoms with Crippen molar-refractivity contribution in [3.05, 3.63) is 28.4 Å². The second-order valence-corrected chi connectivity index (χ2v) is 4.24. The molecule has 0 spiro atoms. The summed E-state index contributed by atoms with van der Waals surface area (Å²) in [6.45, 7) is 1.57. The Hall–Kier alpha value is -2.01. The van der Waals surface area contributed by atoms with Crippen molar-refractivity contribution in [2.75, 3.05) is 13.1 Å². The van der Waals surface area contributed by atoms with Crippen molar-refractivity contribution in [2.45, 2.75) is 13.0 Å². The lowest BCUT2D eigenvalue weighted by atomic mass is 10.1. The van der Waals surface area contributed by atoms with Crippen LogP contribution in [0.2, 0.25) is 0 Å². The molecule has 0 saturated carbocycles. The summed E-state index contributed by atoms with van der Waals surface area (Å²) in [6.07, 6.45) is 2.32. The van der Waals surface area contributed by atoms with Gasteiger partial charge in [0.05, 0.1) is 12.2 Å². The fourth-order valence-corrected chi connectivity index (χ4v) is 2.02. The van der Waals surface area contributed by atoms with Gasteiger partial charge >= 0.3 is 0 Å². The maximum absolute atomic E-state index is 11.7. The van der Waals surface area contributed by atoms with Crippen LogP contribution in [-0.2, 0) is 18.4 Å². The van der Waals surface area contributed by atoms with Crippen LogP contribution in [0, 0.1) is 5.92 Å². The number of aromatic nitrogens is 2. The molecule has 1 saturated heterocycles. The first kappa shape index (κ1) is 11.5. The van der Waals surface area contributed by atoms with Crippen molar-refractivity contribution in [1.29, 1.82) is 0 Å². The Kier molecular flexibility index (Phi) is 3.30. The molecular formula is C10H14N6O. The van der Waals surface area contributed by atoms with Crippen molar-refractivity contribution in [1.82, 2.24) is 14.7 Å². The zero-order chi connectivity index (χ0) is 12.3. The number of carbonyl (C=O) groups excluding carboxylic acids is 1. The minimum Gasteiger partial charge on any atom is -0.336 e. The molecule has 1 unspecified atom stereocenters. The monoisotopic (exact) mass is 234 g/mol. The van der Waals surface area contributed by atoms with Gasteiger partial charge in [-0.25, -0.2) is 0 Å². The van der Waals surface area contributed by atoms with Gasteiger partial charge in [-0.05, 0) is 17.5 Å². The van der Waals surface area contributed by atoms with E-state index in [0.717, 1.165) is 5.69 Å². The summed E-state index contributed by atoms with van der Waals surface area (Å²) < 4.78 is 1.72. The molecule has 1 atom stereocenters. The highest BCUT2D eigenvalue weighted by molar-refractivity contribution is 5.78. The van der Waals surface area contributed by atoms with Crippen molar-refractivity contribution in [2.24, 2.45) is 18.1 Å². The minimum absolute atomic E-state index is 0.105. The zero-order valence-electron chi connectivity index (χ0n) is 9.65. The van der Waals surface area contributed by atoms with E-state index in [1.807, 2.05) is 19.3 Å². The molecule has 7 nitrogen and oxygen atoms in total. The largest absolute Gasteiger partial charge is 0.336 e. The molecule has 1 fully saturated rings. The van der Waals surface area contributed by atoms with Crippen molar-refractivity contribution in [3.63, 3.8) is 0 Å². The fourth-order valence-electron chi connectivity index (χ4n) is 2.02. The molecule has 7 heteroatoms. The van der Waals surface area contributed by atoms with Crippen molar-refractivity contribution >= 4 is 5.91 Å². The molecule has 90 valence electrons. The number of azide groups is 1. The van der Waals surface area contributed by atoms with Crippen LogP contribution in [0.3, 0.4) is 0 Å². The highest BCUT2D eigenvalue weighted by atomic mass is 16.2. The molecule has 1 aromatic heterocycles. The standard InChI is InChI=1S/C10H14N6O/c1-15-3-2-9(13-15)7-16-6-8(4-10(16)17)5-12-14-11/h2-3,8H,4-7H2,1H3. The number of amides is 1. The smallest absolute Gasteiger partial charge is 0.223 e. The summed E-state index contributed by atoms with van der Waals surface area (Å²) in [6, 6.07) is 1.90. The molecule has 0 aliphatic carbocycles. The first-order valence-corrected chi connectivity index (χ1v) is 5.46. The van der Waals surface area contributed by atoms with E-state index in [1.54, 1.807) is 9.58 Å². The predicted octanol–water partition coefficient (Wildman–Crippen LogP) is 1.08. The Balaban J connectivity index is 1.94. The molecule has 17 heavy (non-hydrogen) atoms. The van der Waals surface area contributed by atoms with Gasteiger partial charge in [-0.1, -0.05) is 5.11 Å². The third kappa shape index (κ3) is 2.76. The summed E-state index contributed by atoms with van der Waals surface area (Å²) >= 11 is 0. The van der Waals surface area contributed by atoms with Crippen LogP contribution in [-0.4, -0.2) is 33.7 Å². The van der Waals surface area contributed by atoms with Gasteiger partial charge in [0.1, 0.15) is 0 Å². The van der Waals surface area contributed by atoms with E-state index in [4.69, 9.17) is 5.53 Å². The molecule has 2 rings (SSSR count). The van der Waals surface area contributed by atoms with Crippen LogP contribution in [0.15, 0.2) is 17.4 Å². The minimum atomic E-state index is 0.105. The Morgan fingerprint density at radius 3 is 3.18 bits per heavy atom. The highest BCUT2D eigenvalue weighted by Gasteiger charge is 2.29. The molecule has 2 heterocycles. The third-order valence-electron chi connectivity index (χ3n) is 2.82. The van der Waals surface area contributed by atoms with E-state index in [2.05, 4.69) is 15.1 Å². The Bertz CT molecular complexity index is 461. The quantitative estimate of drug-likeness (QED) is 0.443. The maximum Gasteiger partial charge on any atom is 0.223 e. The van der Waals surface area contributed by atoms with E-state index in [9.17, 15) is 4.79 Å². The Labute approximate surface area is 98.6 Å². The topological polar surface area (TPSA) is 86.9 Å². The summed E-state index contributed by atoms with van der Waals surface area (Å²) in [5.74, 6) is 0.246. The number of likely N-dealkylation sites (tertiary alicyclic amines) is 1. The third-order valence-corrected chi connectivity index (χ3v) is 2.82. The number of carbonyl (C=O) groups is 1. The van der Waals surface area contributed by atoms with Gasteiger partial charge in [0.15, 0.2) is 0 Å². The molecule has 0 aromatic carbocycles. The van der Waals surface area contributed by atoms with E-state index in [1.165, 1.54) is 0 Å². The van der Waals surface area contributed by atoms with Gasteiger partial charge in [-0.3, -0.25) is 9.48 Å². The Morgan fingerprint density at radius 1 is 1.71 bits per heavy atom. The van der Waals surface area contributed by atoms with Gasteiger partial charge in [0.25, 0.3) is 0 Å². The predicted molar refractivity (Wildman–Crippen MR) is 60.7 cm³/mol. The molecular weight excluding hydrogens is 220 g/mol. The van der Waals surface area contributed by atoms with Gasteiger partial charge in [-0.2, -0.15) is 5.10 Å². The molecule has 1 aliphatic rings. The lowest BCUT2D eigenvalue weighted by Crippen LogP contribution is -2.25. The first-order valence-electron chi connectivity index (χ1n) is 5.46. The lowest BCUT2D eigenvalue weighted by Gasteiger charge is -2.14. The van der Waals surface area contributed by atoms with Crippen LogP contribution in [0.5, 0.6) is 0 Å². The molecule has 1 amide bonds. The van der Waals surface area contributed by atoms with E-state index < -0.39 is 0 Å². The summed E-state index contributed by atoms with van der Waals surface area (Å²) in [7, 11) is 1.85. The second-order valence-electron chi connectivity index (χ2n) is 4.24. The van der Waals surface area contributed by atoms with Crippen molar-refractivity contribution < 1.29 is 4.79 Å². The number of hydrogen-bond acceptors (Lipinski definition) is 3. The van der Waals surface area contributed by atoms with Gasteiger partial charge in [0, 0.05) is 37.7 Å². The van der Waals surface area contributed by atoms with Crippen LogP contribution in [0.1, 0.15) is 12.1 Å². The van der Waals surface area contributed by atoms with Gasteiger partial charge < -0.3 is 4.90 Å². The molecule has 1 aliphatic heterocycles. The van der Waals surface area contributed by atoms with E-state index >= 15 is 0 Å². The average Bonchev–Trinajstić information content (AvgIpc) is 2.84. The van der Waals surface area contributed by atoms with Crippen LogP contribution >= 0.6 is 0 Å². The summed E-state index contributed by atoms with van der Waals surface area (Å²) in [5, 5.41) is 7.75. The number of aryl methyl sites for hydroxylation is 1. The van der Waals surface area contributed by atoms with Crippen LogP contribution in [0.4, 0.5) is 0 Å². The molecule has 0 N–H and O–H groups in total. The highest BCUT2D eigenvalue weighted by Crippen LogP contribution is 2.19. The SMILES string of the molecule is Cn1ccc(CN2CC(CN=[N+]=[N-])CC2=O)n1. The van der Waals surface area contributed by atoms with Crippen LogP contribution < -0.4 is 0 Å². The Morgan fingerprint density at radius 2 is 2.53 bits per heavy atom. The molecule has 0 radical (unpaired) electrons. The van der Waals surface area contributed by atoms with Crippen molar-refractivity contribution in [3.8, 4) is 0 Å².